The van der Waals surface area contributed by atoms with E-state index in [1.165, 1.54) is 4.90 Å². The van der Waals surface area contributed by atoms with Crippen molar-refractivity contribution in [2.24, 2.45) is 17.8 Å². The lowest BCUT2D eigenvalue weighted by molar-refractivity contribution is -0.186. The Morgan fingerprint density at radius 3 is 2.44 bits per heavy atom. The Bertz CT molecular complexity index is 681. The summed E-state index contributed by atoms with van der Waals surface area (Å²) in [4.78, 5) is 27.0. The van der Waals surface area contributed by atoms with Crippen molar-refractivity contribution in [3.63, 3.8) is 0 Å². The van der Waals surface area contributed by atoms with Gasteiger partial charge in [-0.1, -0.05) is 30.3 Å². The monoisotopic (exact) mass is 384 g/mol. The number of carboxylic acids is 1. The molecule has 3 rings (SSSR count). The molecule has 8 heteroatoms. The molecule has 1 aromatic carbocycles. The first-order chi connectivity index (χ1) is 12.8. The molecule has 1 unspecified atom stereocenters. The molecule has 27 heavy (non-hydrogen) atoms. The molecule has 2 saturated heterocycles. The second kappa shape index (κ2) is 7.88. The van der Waals surface area contributed by atoms with E-state index in [4.69, 9.17) is 5.11 Å². The number of nitrogens with zero attached hydrogens (tertiary/aromatic N) is 2. The van der Waals surface area contributed by atoms with Gasteiger partial charge in [0.2, 0.25) is 5.91 Å². The summed E-state index contributed by atoms with van der Waals surface area (Å²) in [6.45, 7) is 0.488. The van der Waals surface area contributed by atoms with E-state index in [2.05, 4.69) is 0 Å². The number of carbonyl (C=O) groups excluding carboxylic acids is 1. The molecule has 3 atom stereocenters. The number of rotatable bonds is 4. The van der Waals surface area contributed by atoms with Crippen molar-refractivity contribution in [3.05, 3.63) is 35.9 Å². The van der Waals surface area contributed by atoms with E-state index in [0.29, 0.717) is 25.9 Å². The number of piperidine rings is 1. The van der Waals surface area contributed by atoms with Gasteiger partial charge < -0.3 is 10.0 Å². The Kier molecular flexibility index (Phi) is 5.74. The highest BCUT2D eigenvalue weighted by atomic mass is 19.4. The van der Waals surface area contributed by atoms with Crippen LogP contribution >= 0.6 is 0 Å². The van der Waals surface area contributed by atoms with E-state index in [1.807, 2.05) is 30.3 Å². The van der Waals surface area contributed by atoms with Crippen molar-refractivity contribution in [1.82, 2.24) is 9.80 Å². The minimum atomic E-state index is -4.46. The van der Waals surface area contributed by atoms with Crippen molar-refractivity contribution in [2.75, 3.05) is 26.2 Å². The molecule has 5 nitrogen and oxygen atoms in total. The highest BCUT2D eigenvalue weighted by molar-refractivity contribution is 5.81. The average molecular weight is 384 g/mol. The van der Waals surface area contributed by atoms with Crippen molar-refractivity contribution in [2.45, 2.75) is 25.6 Å². The van der Waals surface area contributed by atoms with Crippen LogP contribution in [0.1, 0.15) is 18.4 Å². The third kappa shape index (κ3) is 4.61. The first kappa shape index (κ1) is 19.7. The van der Waals surface area contributed by atoms with Gasteiger partial charge in [0.15, 0.2) is 0 Å². The van der Waals surface area contributed by atoms with Gasteiger partial charge in [-0.15, -0.1) is 0 Å². The molecule has 0 saturated carbocycles. The predicted octanol–water partition coefficient (Wildman–Crippen LogP) is 2.62. The molecule has 2 fully saturated rings. The van der Waals surface area contributed by atoms with Crippen molar-refractivity contribution in [3.8, 4) is 0 Å². The molecule has 2 aliphatic rings. The standard InChI is InChI=1S/C19H23F3N2O3/c20-19(21,22)16-12-23(9-13-5-2-1-3-6-13)11-15(16)17(25)24-8-4-7-14(10-24)18(26)27/h1-3,5-6,14-16H,4,7-12H2,(H,26,27)/t14?,15-,16-/m1/s1. The molecule has 2 aliphatic heterocycles. The number of carboxylic acid groups (broad SMARTS) is 1. The summed E-state index contributed by atoms with van der Waals surface area (Å²) in [5.74, 6) is -5.18. The van der Waals surface area contributed by atoms with Crippen molar-refractivity contribution < 1.29 is 27.9 Å². The molecule has 0 aliphatic carbocycles. The molecule has 1 aromatic rings. The first-order valence-corrected chi connectivity index (χ1v) is 9.10. The van der Waals surface area contributed by atoms with E-state index in [9.17, 15) is 22.8 Å². The number of halogens is 3. The maximum atomic E-state index is 13.6. The highest BCUT2D eigenvalue weighted by Crippen LogP contribution is 2.39. The molecule has 148 valence electrons. The zero-order valence-corrected chi connectivity index (χ0v) is 14.9. The van der Waals surface area contributed by atoms with Gasteiger partial charge in [-0.25, -0.2) is 0 Å². The molecular weight excluding hydrogens is 361 g/mol. The smallest absolute Gasteiger partial charge is 0.393 e. The SMILES string of the molecule is O=C(O)C1CCCN(C(=O)[C@@H]2CN(Cc3ccccc3)C[C@H]2C(F)(F)F)C1. The van der Waals surface area contributed by atoms with Crippen LogP contribution in [0.15, 0.2) is 30.3 Å². The summed E-state index contributed by atoms with van der Waals surface area (Å²) in [6, 6.07) is 9.19. The molecule has 0 radical (unpaired) electrons. The van der Waals surface area contributed by atoms with Crippen LogP contribution in [0, 0.1) is 17.8 Å². The van der Waals surface area contributed by atoms with E-state index in [-0.39, 0.29) is 19.6 Å². The maximum Gasteiger partial charge on any atom is 0.393 e. The zero-order valence-electron chi connectivity index (χ0n) is 14.9. The summed E-state index contributed by atoms with van der Waals surface area (Å²) in [5, 5.41) is 9.16. The highest BCUT2D eigenvalue weighted by Gasteiger charge is 2.53. The number of likely N-dealkylation sites (tertiary alicyclic amines) is 2. The van der Waals surface area contributed by atoms with Gasteiger partial charge in [-0.05, 0) is 18.4 Å². The number of hydrogen-bond acceptors (Lipinski definition) is 3. The van der Waals surface area contributed by atoms with Crippen LogP contribution in [-0.4, -0.2) is 59.1 Å². The fourth-order valence-corrected chi connectivity index (χ4v) is 4.05. The van der Waals surface area contributed by atoms with Crippen LogP contribution < -0.4 is 0 Å². The summed E-state index contributed by atoms with van der Waals surface area (Å²) in [6.07, 6.45) is -3.51. The second-order valence-electron chi connectivity index (χ2n) is 7.40. The van der Waals surface area contributed by atoms with Crippen molar-refractivity contribution >= 4 is 11.9 Å². The van der Waals surface area contributed by atoms with Crippen LogP contribution in [-0.2, 0) is 16.1 Å². The fourth-order valence-electron chi connectivity index (χ4n) is 4.05. The molecule has 0 bridgehead atoms. The number of carbonyl (C=O) groups is 2. The topological polar surface area (TPSA) is 60.9 Å². The largest absolute Gasteiger partial charge is 0.481 e. The van der Waals surface area contributed by atoms with Crippen molar-refractivity contribution in [1.29, 1.82) is 0 Å². The number of amides is 1. The van der Waals surface area contributed by atoms with Gasteiger partial charge in [0.1, 0.15) is 0 Å². The zero-order chi connectivity index (χ0) is 19.6. The Labute approximate surface area is 155 Å². The quantitative estimate of drug-likeness (QED) is 0.867. The summed E-state index contributed by atoms with van der Waals surface area (Å²) < 4.78 is 40.7. The molecule has 0 spiro atoms. The average Bonchev–Trinajstić information content (AvgIpc) is 3.06. The predicted molar refractivity (Wildman–Crippen MR) is 91.7 cm³/mol. The summed E-state index contributed by atoms with van der Waals surface area (Å²) >= 11 is 0. The third-order valence-corrected chi connectivity index (χ3v) is 5.46. The molecule has 0 aromatic heterocycles. The molecule has 1 amide bonds. The van der Waals surface area contributed by atoms with E-state index in [1.54, 1.807) is 4.90 Å². The maximum absolute atomic E-state index is 13.6. The molecule has 2 heterocycles. The van der Waals surface area contributed by atoms with E-state index in [0.717, 1.165) is 5.56 Å². The Morgan fingerprint density at radius 2 is 1.81 bits per heavy atom. The minimum Gasteiger partial charge on any atom is -0.481 e. The van der Waals surface area contributed by atoms with E-state index < -0.39 is 35.8 Å². The van der Waals surface area contributed by atoms with Gasteiger partial charge >= 0.3 is 12.1 Å². The van der Waals surface area contributed by atoms with Gasteiger partial charge in [0.05, 0.1) is 17.8 Å². The van der Waals surface area contributed by atoms with E-state index >= 15 is 0 Å². The minimum absolute atomic E-state index is 0.00602. The third-order valence-electron chi connectivity index (χ3n) is 5.46. The van der Waals surface area contributed by atoms with Gasteiger partial charge in [-0.3, -0.25) is 14.5 Å². The lowest BCUT2D eigenvalue weighted by Gasteiger charge is -2.34. The number of benzene rings is 1. The van der Waals surface area contributed by atoms with Gasteiger partial charge in [0.25, 0.3) is 0 Å². The Balaban J connectivity index is 1.73. The van der Waals surface area contributed by atoms with Gasteiger partial charge in [-0.2, -0.15) is 13.2 Å². The first-order valence-electron chi connectivity index (χ1n) is 9.10. The second-order valence-corrected chi connectivity index (χ2v) is 7.40. The fraction of sp³-hybridized carbons (Fsp3) is 0.579. The summed E-state index contributed by atoms with van der Waals surface area (Å²) in [7, 11) is 0. The Hall–Kier alpha value is -2.09. The molecular formula is C19H23F3N2O3. The number of hydrogen-bond donors (Lipinski definition) is 1. The Morgan fingerprint density at radius 1 is 1.11 bits per heavy atom. The van der Waals surface area contributed by atoms with Crippen LogP contribution in [0.3, 0.4) is 0 Å². The normalized spacial score (nSPS) is 26.9. The lowest BCUT2D eigenvalue weighted by Crippen LogP contribution is -2.48. The van der Waals surface area contributed by atoms with Crippen LogP contribution in [0.4, 0.5) is 13.2 Å². The lowest BCUT2D eigenvalue weighted by atomic mass is 9.91. The van der Waals surface area contributed by atoms with Crippen LogP contribution in [0.2, 0.25) is 0 Å². The van der Waals surface area contributed by atoms with Gasteiger partial charge in [0, 0.05) is 32.7 Å². The van der Waals surface area contributed by atoms with Crippen LogP contribution in [0.25, 0.3) is 0 Å². The van der Waals surface area contributed by atoms with Crippen LogP contribution in [0.5, 0.6) is 0 Å². The number of aliphatic carboxylic acids is 1. The summed E-state index contributed by atoms with van der Waals surface area (Å²) in [5.41, 5.74) is 0.899. The molecule has 1 N–H and O–H groups in total. The number of alkyl halides is 3.